The van der Waals surface area contributed by atoms with Gasteiger partial charge in [-0.25, -0.2) is 18.4 Å². The minimum absolute atomic E-state index is 0.341. The number of hydrogen-bond donors (Lipinski definition) is 1. The highest BCUT2D eigenvalue weighted by Gasteiger charge is 2.95. The molecule has 0 radical (unpaired) electrons. The number of esters is 2. The fraction of sp³-hybridized carbons (Fsp3) is 0.760. The van der Waals surface area contributed by atoms with E-state index in [1.807, 2.05) is 0 Å². The van der Waals surface area contributed by atoms with Crippen LogP contribution in [0.5, 0.6) is 0 Å². The highest BCUT2D eigenvalue weighted by molar-refractivity contribution is 5.87. The fourth-order valence-corrected chi connectivity index (χ4v) is 3.26. The van der Waals surface area contributed by atoms with E-state index in [2.05, 4.69) is 22.6 Å². The minimum atomic E-state index is -8.46. The molecule has 0 fully saturated rings. The van der Waals surface area contributed by atoms with Gasteiger partial charge in [-0.1, -0.05) is 13.2 Å². The summed E-state index contributed by atoms with van der Waals surface area (Å²) in [6.07, 6.45) is -39.2. The van der Waals surface area contributed by atoms with Crippen molar-refractivity contribution in [3.63, 3.8) is 0 Å². The molecule has 0 aliphatic carbocycles. The summed E-state index contributed by atoms with van der Waals surface area (Å²) in [4.78, 5) is 21.8. The van der Waals surface area contributed by atoms with Crippen molar-refractivity contribution in [3.8, 4) is 0 Å². The number of ether oxygens (including phenoxy) is 2. The first-order valence-corrected chi connectivity index (χ1v) is 13.3. The monoisotopic (exact) mass is 894 g/mol. The number of aliphatic hydroxyl groups is 1. The molecule has 0 aromatic carbocycles. The Labute approximate surface area is 293 Å². The summed E-state index contributed by atoms with van der Waals surface area (Å²) in [5, 5.41) is 9.04. The van der Waals surface area contributed by atoms with Gasteiger partial charge in [0.2, 0.25) is 0 Å². The fourth-order valence-electron chi connectivity index (χ4n) is 3.26. The molecule has 0 rings (SSSR count). The van der Waals surface area contributed by atoms with Crippen molar-refractivity contribution >= 4 is 11.9 Å². The molecule has 0 heterocycles. The van der Waals surface area contributed by atoms with Crippen LogP contribution in [-0.4, -0.2) is 108 Å². The van der Waals surface area contributed by atoms with Gasteiger partial charge < -0.3 is 14.6 Å². The molecule has 0 saturated carbocycles. The molecule has 56 heavy (non-hydrogen) atoms. The first-order valence-electron chi connectivity index (χ1n) is 13.3. The molecule has 5 nitrogen and oxygen atoms in total. The summed E-state index contributed by atoms with van der Waals surface area (Å²) in [6, 6.07) is 0. The van der Waals surface area contributed by atoms with Gasteiger partial charge in [-0.3, -0.25) is 0 Å². The predicted molar refractivity (Wildman–Crippen MR) is 128 cm³/mol. The third-order valence-corrected chi connectivity index (χ3v) is 6.38. The molecule has 0 aromatic rings. The van der Waals surface area contributed by atoms with Crippen LogP contribution >= 0.6 is 0 Å². The van der Waals surface area contributed by atoms with Gasteiger partial charge in [0.1, 0.15) is 6.61 Å². The number of carbonyl (C=O) groups excluding carboxylic acids is 2. The van der Waals surface area contributed by atoms with Crippen LogP contribution in [0.3, 0.4) is 0 Å². The van der Waals surface area contributed by atoms with E-state index in [4.69, 9.17) is 5.11 Å². The average molecular weight is 894 g/mol. The number of hydrogen-bond acceptors (Lipinski definition) is 5. The lowest BCUT2D eigenvalue weighted by Crippen LogP contribution is -2.75. The molecule has 1 unspecified atom stereocenters. The Kier molecular flexibility index (Phi) is 16.0. The van der Waals surface area contributed by atoms with Gasteiger partial charge in [-0.2, -0.15) is 105 Å². The van der Waals surface area contributed by atoms with Gasteiger partial charge in [0.25, 0.3) is 0 Å². The van der Waals surface area contributed by atoms with Crippen LogP contribution in [0.25, 0.3) is 0 Å². The van der Waals surface area contributed by atoms with Crippen LogP contribution in [0, 0.1) is 0 Å². The van der Waals surface area contributed by atoms with E-state index in [9.17, 15) is 124 Å². The zero-order valence-corrected chi connectivity index (χ0v) is 26.7. The Balaban J connectivity index is 0. The van der Waals surface area contributed by atoms with Crippen LogP contribution < -0.4 is 0 Å². The number of halogens is 26. The highest BCUT2D eigenvalue weighted by Crippen LogP contribution is 2.64. The van der Waals surface area contributed by atoms with Crippen LogP contribution in [0.2, 0.25) is 0 Å². The molecule has 31 heteroatoms. The maximum absolute atomic E-state index is 13.4. The molecular formula is C25H20F26O5. The lowest BCUT2D eigenvalue weighted by atomic mass is 9.85. The molecular weight excluding hydrogens is 874 g/mol. The number of alkyl halides is 26. The molecule has 0 bridgehead atoms. The second kappa shape index (κ2) is 16.4. The zero-order valence-electron chi connectivity index (χ0n) is 26.7. The topological polar surface area (TPSA) is 72.8 Å². The standard InChI is InChI=1S/C13H9F15O2.C12H11F11O3/c1-5(2)6(29)30-4-3-7(14,15)9(17,18)11(21,22)10(19,20)8(16,12(23,24)25)13(26,27)28;1-5(2)7(25)26-4-6(24)3-8(13,14)10(16,17)9(15,11(18,19)20)12(21,22)23/h1,3-4H2,2H3;6,24H,1,3-4H2,2H3. The normalized spacial score (nSPS) is 15.4. The lowest BCUT2D eigenvalue weighted by Gasteiger charge is -2.43. The van der Waals surface area contributed by atoms with Gasteiger partial charge in [-0.05, 0) is 13.8 Å². The van der Waals surface area contributed by atoms with Crippen LogP contribution in [0.4, 0.5) is 114 Å². The largest absolute Gasteiger partial charge is 0.462 e. The van der Waals surface area contributed by atoms with Gasteiger partial charge in [0.05, 0.1) is 19.1 Å². The second-order valence-corrected chi connectivity index (χ2v) is 10.9. The van der Waals surface area contributed by atoms with Crippen molar-refractivity contribution in [1.82, 2.24) is 0 Å². The van der Waals surface area contributed by atoms with Crippen LogP contribution in [-0.2, 0) is 19.1 Å². The SMILES string of the molecule is C=C(C)C(=O)OCC(O)CC(F)(F)C(F)(F)C(F)(C(F)(F)F)C(F)(F)F.C=C(C)C(=O)OCCC(F)(F)C(F)(F)C(F)(F)C(F)(F)C(F)(C(F)(F)F)C(F)(F)F. The summed E-state index contributed by atoms with van der Waals surface area (Å²) >= 11 is 0. The van der Waals surface area contributed by atoms with E-state index < -0.39 is 121 Å². The quantitative estimate of drug-likeness (QED) is 0.101. The van der Waals surface area contributed by atoms with E-state index >= 15 is 0 Å². The number of carbonyl (C=O) groups is 2. The zero-order chi connectivity index (χ0) is 46.1. The molecule has 0 saturated heterocycles. The Morgan fingerprint density at radius 2 is 0.786 bits per heavy atom. The van der Waals surface area contributed by atoms with Crippen molar-refractivity contribution in [2.75, 3.05) is 13.2 Å². The summed E-state index contributed by atoms with van der Waals surface area (Å²) in [7, 11) is 0. The van der Waals surface area contributed by atoms with Gasteiger partial charge in [-0.15, -0.1) is 0 Å². The third-order valence-electron chi connectivity index (χ3n) is 6.38. The molecule has 0 aromatic heterocycles. The third kappa shape index (κ3) is 9.98. The van der Waals surface area contributed by atoms with Crippen LogP contribution in [0.15, 0.2) is 24.3 Å². The summed E-state index contributed by atoms with van der Waals surface area (Å²) in [5.41, 5.74) is -16.8. The Bertz CT molecular complexity index is 1380. The van der Waals surface area contributed by atoms with Gasteiger partial charge in [0, 0.05) is 17.6 Å². The van der Waals surface area contributed by atoms with Crippen molar-refractivity contribution in [2.45, 2.75) is 104 Å². The Morgan fingerprint density at radius 1 is 0.482 bits per heavy atom. The van der Waals surface area contributed by atoms with Gasteiger partial charge >= 0.3 is 83.5 Å². The van der Waals surface area contributed by atoms with E-state index in [1.165, 1.54) is 0 Å². The summed E-state index contributed by atoms with van der Waals surface area (Å²) in [5.74, 6) is -47.4. The molecule has 1 atom stereocenters. The van der Waals surface area contributed by atoms with Gasteiger partial charge in [0.15, 0.2) is 0 Å². The molecule has 1 N–H and O–H groups in total. The maximum atomic E-state index is 13.4. The lowest BCUT2D eigenvalue weighted by molar-refractivity contribution is -0.457. The molecule has 0 aliphatic rings. The Morgan fingerprint density at radius 3 is 1.09 bits per heavy atom. The average Bonchev–Trinajstić information content (AvgIpc) is 2.95. The van der Waals surface area contributed by atoms with Crippen molar-refractivity contribution in [3.05, 3.63) is 24.3 Å². The second-order valence-electron chi connectivity index (χ2n) is 10.9. The summed E-state index contributed by atoms with van der Waals surface area (Å²) in [6.45, 7) is 4.41. The highest BCUT2D eigenvalue weighted by atomic mass is 19.4. The minimum Gasteiger partial charge on any atom is -0.462 e. The summed E-state index contributed by atoms with van der Waals surface area (Å²) < 4.78 is 342. The van der Waals surface area contributed by atoms with E-state index in [0.717, 1.165) is 13.8 Å². The molecule has 0 spiro atoms. The predicted octanol–water partition coefficient (Wildman–Crippen LogP) is 9.83. The first-order chi connectivity index (χ1) is 24.0. The molecule has 332 valence electrons. The van der Waals surface area contributed by atoms with E-state index in [-0.39, 0.29) is 5.57 Å². The van der Waals surface area contributed by atoms with Crippen molar-refractivity contribution in [1.29, 1.82) is 0 Å². The number of rotatable bonds is 15. The van der Waals surface area contributed by atoms with Crippen molar-refractivity contribution < 1.29 is 138 Å². The van der Waals surface area contributed by atoms with E-state index in [1.54, 1.807) is 0 Å². The smallest absolute Gasteiger partial charge is 0.438 e. The van der Waals surface area contributed by atoms with Crippen LogP contribution in [0.1, 0.15) is 26.7 Å². The maximum Gasteiger partial charge on any atom is 0.438 e. The molecule has 0 amide bonds. The molecule has 0 aliphatic heterocycles. The first kappa shape index (κ1) is 54.7. The van der Waals surface area contributed by atoms with Crippen molar-refractivity contribution in [2.24, 2.45) is 0 Å². The van der Waals surface area contributed by atoms with E-state index in [0.29, 0.717) is 0 Å². The number of aliphatic hydroxyl groups excluding tert-OH is 1. The Hall–Kier alpha value is -3.44.